The van der Waals surface area contributed by atoms with E-state index in [0.29, 0.717) is 36.9 Å². The Morgan fingerprint density at radius 1 is 1.13 bits per heavy atom. The summed E-state index contributed by atoms with van der Waals surface area (Å²) in [4.78, 5) is 34.5. The maximum absolute atomic E-state index is 12.6. The Kier molecular flexibility index (Phi) is 5.93. The summed E-state index contributed by atoms with van der Waals surface area (Å²) in [6, 6.07) is 10.9. The first kappa shape index (κ1) is 20.9. The molecule has 0 saturated carbocycles. The Morgan fingerprint density at radius 2 is 1.81 bits per heavy atom. The number of anilines is 1. The van der Waals surface area contributed by atoms with Gasteiger partial charge in [0.25, 0.3) is 0 Å². The third kappa shape index (κ3) is 4.55. The molecule has 4 rings (SSSR count). The lowest BCUT2D eigenvalue weighted by molar-refractivity contribution is 0.0526. The average Bonchev–Trinajstić information content (AvgIpc) is 3.17. The number of nitrogens with zero attached hydrogens (tertiary/aromatic N) is 2. The summed E-state index contributed by atoms with van der Waals surface area (Å²) in [5, 5.41) is 2.91. The van der Waals surface area contributed by atoms with E-state index in [4.69, 9.17) is 9.72 Å². The number of esters is 1. The number of nitrogens with one attached hydrogen (secondary N) is 2. The van der Waals surface area contributed by atoms with E-state index in [0.717, 1.165) is 29.7 Å². The van der Waals surface area contributed by atoms with Gasteiger partial charge < -0.3 is 19.9 Å². The van der Waals surface area contributed by atoms with Gasteiger partial charge in [-0.15, -0.1) is 0 Å². The van der Waals surface area contributed by atoms with Crippen LogP contribution < -0.4 is 5.32 Å². The molecule has 7 nitrogen and oxygen atoms in total. The van der Waals surface area contributed by atoms with Crippen LogP contribution in [-0.2, 0) is 4.74 Å². The number of amides is 2. The van der Waals surface area contributed by atoms with Crippen LogP contribution in [0.5, 0.6) is 0 Å². The van der Waals surface area contributed by atoms with Gasteiger partial charge in [0.1, 0.15) is 5.82 Å². The molecule has 2 aromatic carbocycles. The predicted molar refractivity (Wildman–Crippen MR) is 121 cm³/mol. The van der Waals surface area contributed by atoms with Crippen LogP contribution in [-0.4, -0.2) is 46.6 Å². The molecule has 2 amide bonds. The summed E-state index contributed by atoms with van der Waals surface area (Å²) in [5.41, 5.74) is 5.70. The van der Waals surface area contributed by atoms with Gasteiger partial charge in [-0.05, 0) is 81.1 Å². The molecule has 0 unspecified atom stereocenters. The van der Waals surface area contributed by atoms with Gasteiger partial charge in [-0.3, -0.25) is 0 Å². The van der Waals surface area contributed by atoms with Gasteiger partial charge in [0.05, 0.1) is 23.2 Å². The Hall–Kier alpha value is -3.35. The molecule has 31 heavy (non-hydrogen) atoms. The van der Waals surface area contributed by atoms with Crippen molar-refractivity contribution in [2.75, 3.05) is 25.0 Å². The van der Waals surface area contributed by atoms with Crippen LogP contribution in [0.3, 0.4) is 0 Å². The van der Waals surface area contributed by atoms with Crippen molar-refractivity contribution in [3.63, 3.8) is 0 Å². The SMILES string of the molecule is CCOC(=O)c1ccc(NC(=O)N2CCC(c3nc4cc(C)c(C)cc4[nH]3)CC2)cc1. The van der Waals surface area contributed by atoms with Gasteiger partial charge >= 0.3 is 12.0 Å². The molecule has 2 N–H and O–H groups in total. The van der Waals surface area contributed by atoms with Gasteiger partial charge in [0.2, 0.25) is 0 Å². The second-order valence-corrected chi connectivity index (χ2v) is 8.06. The Labute approximate surface area is 181 Å². The van der Waals surface area contributed by atoms with Crippen molar-refractivity contribution in [3.05, 3.63) is 58.9 Å². The van der Waals surface area contributed by atoms with Crippen molar-refractivity contribution in [1.82, 2.24) is 14.9 Å². The number of hydrogen-bond acceptors (Lipinski definition) is 4. The number of imidazole rings is 1. The van der Waals surface area contributed by atoms with Crippen molar-refractivity contribution < 1.29 is 14.3 Å². The van der Waals surface area contributed by atoms with Gasteiger partial charge in [0.15, 0.2) is 0 Å². The number of fused-ring (bicyclic) bond motifs is 1. The van der Waals surface area contributed by atoms with Crippen molar-refractivity contribution in [2.24, 2.45) is 0 Å². The number of rotatable bonds is 4. The fourth-order valence-corrected chi connectivity index (χ4v) is 3.95. The van der Waals surface area contributed by atoms with Gasteiger partial charge in [-0.1, -0.05) is 0 Å². The highest BCUT2D eigenvalue weighted by Crippen LogP contribution is 2.29. The smallest absolute Gasteiger partial charge is 0.338 e. The average molecular weight is 421 g/mol. The summed E-state index contributed by atoms with van der Waals surface area (Å²) >= 11 is 0. The summed E-state index contributed by atoms with van der Waals surface area (Å²) in [7, 11) is 0. The number of urea groups is 1. The third-order valence-electron chi connectivity index (χ3n) is 5.93. The number of H-pyrrole nitrogens is 1. The first-order chi connectivity index (χ1) is 14.9. The normalized spacial score (nSPS) is 14.6. The molecule has 0 radical (unpaired) electrons. The van der Waals surface area contributed by atoms with Crippen LogP contribution in [0.4, 0.5) is 10.5 Å². The maximum Gasteiger partial charge on any atom is 0.338 e. The number of aryl methyl sites for hydroxylation is 2. The minimum absolute atomic E-state index is 0.127. The quantitative estimate of drug-likeness (QED) is 0.595. The lowest BCUT2D eigenvalue weighted by Gasteiger charge is -2.31. The Bertz CT molecular complexity index is 1060. The highest BCUT2D eigenvalue weighted by Gasteiger charge is 2.26. The molecule has 1 fully saturated rings. The van der Waals surface area contributed by atoms with Crippen LogP contribution in [0, 0.1) is 13.8 Å². The maximum atomic E-state index is 12.6. The summed E-state index contributed by atoms with van der Waals surface area (Å²) in [6.45, 7) is 7.66. The standard InChI is InChI=1S/C24H28N4O3/c1-4-31-23(29)18-5-7-19(8-6-18)25-24(30)28-11-9-17(10-12-28)22-26-20-13-15(2)16(3)14-21(20)27-22/h5-8,13-14,17H,4,9-12H2,1-3H3,(H,25,30)(H,26,27). The van der Waals surface area contributed by atoms with Crippen LogP contribution in [0.15, 0.2) is 36.4 Å². The Balaban J connectivity index is 1.34. The zero-order valence-corrected chi connectivity index (χ0v) is 18.2. The number of hydrogen-bond donors (Lipinski definition) is 2. The summed E-state index contributed by atoms with van der Waals surface area (Å²) in [5.74, 6) is 0.967. The molecule has 1 aromatic heterocycles. The summed E-state index contributed by atoms with van der Waals surface area (Å²) in [6.07, 6.45) is 1.74. The Morgan fingerprint density at radius 3 is 2.48 bits per heavy atom. The van der Waals surface area contributed by atoms with E-state index in [1.54, 1.807) is 31.2 Å². The monoisotopic (exact) mass is 420 g/mol. The molecular weight excluding hydrogens is 392 g/mol. The highest BCUT2D eigenvalue weighted by molar-refractivity contribution is 5.92. The lowest BCUT2D eigenvalue weighted by Crippen LogP contribution is -2.40. The molecule has 0 bridgehead atoms. The molecule has 1 aliphatic rings. The van der Waals surface area contributed by atoms with Crippen molar-refractivity contribution in [3.8, 4) is 0 Å². The number of aromatic nitrogens is 2. The van der Waals surface area contributed by atoms with Crippen molar-refractivity contribution >= 4 is 28.7 Å². The number of piperidine rings is 1. The summed E-state index contributed by atoms with van der Waals surface area (Å²) < 4.78 is 4.98. The molecule has 7 heteroatoms. The fraction of sp³-hybridized carbons (Fsp3) is 0.375. The van der Waals surface area contributed by atoms with Gasteiger partial charge in [-0.25, -0.2) is 14.6 Å². The largest absolute Gasteiger partial charge is 0.462 e. The number of carbonyl (C=O) groups excluding carboxylic acids is 2. The van der Waals surface area contributed by atoms with Crippen LogP contribution in [0.2, 0.25) is 0 Å². The molecule has 3 aromatic rings. The van der Waals surface area contributed by atoms with Gasteiger partial charge in [-0.2, -0.15) is 0 Å². The van der Waals surface area contributed by atoms with Crippen molar-refractivity contribution in [2.45, 2.75) is 39.5 Å². The zero-order valence-electron chi connectivity index (χ0n) is 18.2. The van der Waals surface area contributed by atoms with Gasteiger partial charge in [0, 0.05) is 24.7 Å². The first-order valence-electron chi connectivity index (χ1n) is 10.7. The van der Waals surface area contributed by atoms with E-state index in [9.17, 15) is 9.59 Å². The van der Waals surface area contributed by atoms with Crippen LogP contribution >= 0.6 is 0 Å². The van der Waals surface area contributed by atoms with Crippen molar-refractivity contribution in [1.29, 1.82) is 0 Å². The van der Waals surface area contributed by atoms with E-state index in [1.807, 2.05) is 4.90 Å². The second-order valence-electron chi connectivity index (χ2n) is 8.06. The van der Waals surface area contributed by atoms with Crippen LogP contribution in [0.1, 0.15) is 53.0 Å². The number of aromatic amines is 1. The topological polar surface area (TPSA) is 87.3 Å². The molecule has 0 spiro atoms. The third-order valence-corrected chi connectivity index (χ3v) is 5.93. The molecular formula is C24H28N4O3. The molecule has 0 aliphatic carbocycles. The number of benzene rings is 2. The van der Waals surface area contributed by atoms with E-state index < -0.39 is 0 Å². The molecule has 0 atom stereocenters. The molecule has 1 saturated heterocycles. The first-order valence-corrected chi connectivity index (χ1v) is 10.7. The minimum atomic E-state index is -0.363. The van der Waals surface area contributed by atoms with E-state index >= 15 is 0 Å². The zero-order chi connectivity index (χ0) is 22.0. The fourth-order valence-electron chi connectivity index (χ4n) is 3.95. The molecule has 1 aliphatic heterocycles. The van der Waals surface area contributed by atoms with E-state index in [-0.39, 0.29) is 12.0 Å². The van der Waals surface area contributed by atoms with E-state index in [1.165, 1.54) is 11.1 Å². The lowest BCUT2D eigenvalue weighted by atomic mass is 9.96. The number of carbonyl (C=O) groups is 2. The van der Waals surface area contributed by atoms with E-state index in [2.05, 4.69) is 36.3 Å². The number of likely N-dealkylation sites (tertiary alicyclic amines) is 1. The molecule has 162 valence electrons. The number of ether oxygens (including phenoxy) is 1. The second kappa shape index (κ2) is 8.79. The molecule has 2 heterocycles. The minimum Gasteiger partial charge on any atom is -0.462 e. The predicted octanol–water partition coefficient (Wildman–Crippen LogP) is 4.77. The highest BCUT2D eigenvalue weighted by atomic mass is 16.5. The van der Waals surface area contributed by atoms with Crippen LogP contribution in [0.25, 0.3) is 11.0 Å².